The summed E-state index contributed by atoms with van der Waals surface area (Å²) in [6.45, 7) is 0.599. The number of aromatic nitrogens is 2. The van der Waals surface area contributed by atoms with Gasteiger partial charge in [-0.15, -0.1) is 11.3 Å². The lowest BCUT2D eigenvalue weighted by atomic mass is 10.3. The Morgan fingerprint density at radius 2 is 2.00 bits per heavy atom. The molecule has 7 heteroatoms. The first-order valence-electron chi connectivity index (χ1n) is 7.07. The van der Waals surface area contributed by atoms with Gasteiger partial charge in [0.15, 0.2) is 0 Å². The quantitative estimate of drug-likeness (QED) is 0.664. The molecular weight excluding hydrogens is 332 g/mol. The maximum Gasteiger partial charge on any atom is 0.268 e. The monoisotopic (exact) mass is 348 g/mol. The molecule has 120 valence electrons. The largest absolute Gasteiger partial charge is 0.497 e. The number of thioether (sulfide) groups is 1. The average molecular weight is 348 g/mol. The van der Waals surface area contributed by atoms with Gasteiger partial charge >= 0.3 is 0 Å². The molecule has 3 aromatic rings. The highest BCUT2D eigenvalue weighted by molar-refractivity contribution is 7.98. The fraction of sp³-hybridized carbons (Fsp3) is 0.250. The molecule has 0 radical (unpaired) electrons. The number of H-pyrrole nitrogens is 1. The number of thiophene rings is 1. The van der Waals surface area contributed by atoms with Crippen molar-refractivity contribution in [2.45, 2.75) is 5.75 Å². The van der Waals surface area contributed by atoms with Gasteiger partial charge in [-0.25, -0.2) is 4.98 Å². The van der Waals surface area contributed by atoms with Gasteiger partial charge in [0.2, 0.25) is 0 Å². The van der Waals surface area contributed by atoms with Gasteiger partial charge in [-0.1, -0.05) is 0 Å². The van der Waals surface area contributed by atoms with Crippen LogP contribution in [0, 0.1) is 0 Å². The third kappa shape index (κ3) is 4.05. The van der Waals surface area contributed by atoms with E-state index in [1.807, 2.05) is 35.7 Å². The van der Waals surface area contributed by atoms with E-state index in [4.69, 9.17) is 9.47 Å². The van der Waals surface area contributed by atoms with Crippen LogP contribution in [0.1, 0.15) is 5.82 Å². The molecule has 0 spiro atoms. The summed E-state index contributed by atoms with van der Waals surface area (Å²) >= 11 is 3.09. The van der Waals surface area contributed by atoms with Gasteiger partial charge in [-0.05, 0) is 35.7 Å². The summed E-state index contributed by atoms with van der Waals surface area (Å²) in [5.41, 5.74) is 0.707. The van der Waals surface area contributed by atoms with Gasteiger partial charge in [-0.2, -0.15) is 11.8 Å². The highest BCUT2D eigenvalue weighted by Gasteiger charge is 2.05. The van der Waals surface area contributed by atoms with E-state index in [1.54, 1.807) is 18.9 Å². The fourth-order valence-corrected chi connectivity index (χ4v) is 3.45. The van der Waals surface area contributed by atoms with E-state index >= 15 is 0 Å². The number of ether oxygens (including phenoxy) is 2. The van der Waals surface area contributed by atoms with Crippen molar-refractivity contribution in [1.82, 2.24) is 9.97 Å². The number of nitrogens with one attached hydrogen (secondary N) is 1. The first kappa shape index (κ1) is 15.9. The van der Waals surface area contributed by atoms with E-state index in [9.17, 15) is 4.79 Å². The topological polar surface area (TPSA) is 64.2 Å². The maximum absolute atomic E-state index is 11.9. The zero-order valence-corrected chi connectivity index (χ0v) is 14.2. The zero-order chi connectivity index (χ0) is 16.1. The Kier molecular flexibility index (Phi) is 5.19. The van der Waals surface area contributed by atoms with Gasteiger partial charge in [-0.3, -0.25) is 4.79 Å². The number of hydrogen-bond acceptors (Lipinski definition) is 6. The maximum atomic E-state index is 11.9. The normalized spacial score (nSPS) is 10.8. The molecule has 1 N–H and O–H groups in total. The van der Waals surface area contributed by atoms with Crippen molar-refractivity contribution in [2.75, 3.05) is 19.5 Å². The van der Waals surface area contributed by atoms with Crippen LogP contribution in [0.2, 0.25) is 0 Å². The highest BCUT2D eigenvalue weighted by Crippen LogP contribution is 2.18. The van der Waals surface area contributed by atoms with Crippen LogP contribution < -0.4 is 15.0 Å². The van der Waals surface area contributed by atoms with E-state index in [0.717, 1.165) is 22.8 Å². The lowest BCUT2D eigenvalue weighted by molar-refractivity contribution is 0.342. The molecule has 1 aromatic carbocycles. The summed E-state index contributed by atoms with van der Waals surface area (Å²) in [6, 6.07) is 9.37. The van der Waals surface area contributed by atoms with Gasteiger partial charge in [0.1, 0.15) is 22.0 Å². The molecule has 0 saturated heterocycles. The summed E-state index contributed by atoms with van der Waals surface area (Å²) in [5, 5.41) is 1.88. The second-order valence-electron chi connectivity index (χ2n) is 4.72. The van der Waals surface area contributed by atoms with Crippen LogP contribution in [-0.4, -0.2) is 29.4 Å². The predicted octanol–water partition coefficient (Wildman–Crippen LogP) is 3.31. The lowest BCUT2D eigenvalue weighted by Crippen LogP contribution is -2.10. The molecule has 0 saturated carbocycles. The number of methoxy groups -OCH3 is 1. The Hall–Kier alpha value is -1.99. The molecule has 0 aliphatic carbocycles. The minimum Gasteiger partial charge on any atom is -0.497 e. The molecule has 2 aromatic heterocycles. The van der Waals surface area contributed by atoms with Crippen molar-refractivity contribution in [2.24, 2.45) is 0 Å². The fourth-order valence-electron chi connectivity index (χ4n) is 2.05. The van der Waals surface area contributed by atoms with Crippen LogP contribution in [0.5, 0.6) is 11.5 Å². The molecule has 0 atom stereocenters. The Balaban J connectivity index is 1.46. The van der Waals surface area contributed by atoms with Crippen molar-refractivity contribution in [3.05, 3.63) is 51.9 Å². The number of rotatable bonds is 7. The minimum absolute atomic E-state index is 0.0601. The number of nitrogens with zero attached hydrogens (tertiary/aromatic N) is 1. The molecule has 0 aliphatic heterocycles. The zero-order valence-electron chi connectivity index (χ0n) is 12.6. The third-order valence-electron chi connectivity index (χ3n) is 3.16. The second-order valence-corrected chi connectivity index (χ2v) is 6.75. The van der Waals surface area contributed by atoms with Crippen molar-refractivity contribution in [3.63, 3.8) is 0 Å². The van der Waals surface area contributed by atoms with E-state index in [-0.39, 0.29) is 5.56 Å². The number of fused-ring (bicyclic) bond motifs is 1. The lowest BCUT2D eigenvalue weighted by Gasteiger charge is -2.07. The van der Waals surface area contributed by atoms with Gasteiger partial charge in [0.25, 0.3) is 5.56 Å². The van der Waals surface area contributed by atoms with Crippen molar-refractivity contribution in [3.8, 4) is 11.5 Å². The van der Waals surface area contributed by atoms with Crippen LogP contribution in [-0.2, 0) is 5.75 Å². The van der Waals surface area contributed by atoms with Crippen LogP contribution in [0.4, 0.5) is 0 Å². The molecule has 23 heavy (non-hydrogen) atoms. The van der Waals surface area contributed by atoms with E-state index < -0.39 is 0 Å². The number of hydrogen-bond donors (Lipinski definition) is 1. The molecule has 5 nitrogen and oxygen atoms in total. The van der Waals surface area contributed by atoms with Crippen LogP contribution >= 0.6 is 23.1 Å². The number of benzene rings is 1. The molecular formula is C16H16N2O3S2. The Labute approximate surface area is 141 Å². The summed E-state index contributed by atoms with van der Waals surface area (Å²) in [5.74, 6) is 3.81. The molecule has 3 rings (SSSR count). The average Bonchev–Trinajstić information content (AvgIpc) is 3.04. The van der Waals surface area contributed by atoms with Gasteiger partial charge < -0.3 is 14.5 Å². The Morgan fingerprint density at radius 1 is 1.22 bits per heavy atom. The van der Waals surface area contributed by atoms with Crippen LogP contribution in [0.25, 0.3) is 10.2 Å². The smallest absolute Gasteiger partial charge is 0.268 e. The molecule has 2 heterocycles. The van der Waals surface area contributed by atoms with Crippen molar-refractivity contribution < 1.29 is 9.47 Å². The molecule has 0 amide bonds. The molecule has 0 aliphatic rings. The van der Waals surface area contributed by atoms with E-state index in [0.29, 0.717) is 22.9 Å². The van der Waals surface area contributed by atoms with Crippen LogP contribution in [0.3, 0.4) is 0 Å². The Bertz CT molecular complexity index is 827. The Morgan fingerprint density at radius 3 is 2.78 bits per heavy atom. The van der Waals surface area contributed by atoms with Gasteiger partial charge in [0.05, 0.1) is 25.0 Å². The summed E-state index contributed by atoms with van der Waals surface area (Å²) in [4.78, 5) is 19.1. The highest BCUT2D eigenvalue weighted by atomic mass is 32.2. The summed E-state index contributed by atoms with van der Waals surface area (Å²) < 4.78 is 11.4. The SMILES string of the molecule is COc1ccc(OCCSCc2nc3ccsc3c(=O)[nH]2)cc1. The molecule has 0 bridgehead atoms. The number of aromatic amines is 1. The summed E-state index contributed by atoms with van der Waals surface area (Å²) in [6.07, 6.45) is 0. The van der Waals surface area contributed by atoms with E-state index in [2.05, 4.69) is 9.97 Å². The van der Waals surface area contributed by atoms with Gasteiger partial charge in [0, 0.05) is 5.75 Å². The standard InChI is InChI=1S/C16H16N2O3S2/c1-20-11-2-4-12(5-3-11)21-7-9-22-10-14-17-13-6-8-23-15(13)16(19)18-14/h2-6,8H,7,9-10H2,1H3,(H,17,18,19). The predicted molar refractivity (Wildman–Crippen MR) is 94.9 cm³/mol. The summed E-state index contributed by atoms with van der Waals surface area (Å²) in [7, 11) is 1.64. The molecule has 0 fully saturated rings. The molecule has 0 unspecified atom stereocenters. The van der Waals surface area contributed by atoms with Crippen molar-refractivity contribution in [1.29, 1.82) is 0 Å². The second kappa shape index (κ2) is 7.52. The first-order chi connectivity index (χ1) is 11.3. The first-order valence-corrected chi connectivity index (χ1v) is 9.10. The third-order valence-corrected chi connectivity index (χ3v) is 4.99. The van der Waals surface area contributed by atoms with Crippen LogP contribution in [0.15, 0.2) is 40.5 Å². The minimum atomic E-state index is -0.0601. The van der Waals surface area contributed by atoms with Crippen molar-refractivity contribution >= 4 is 33.3 Å². The van der Waals surface area contributed by atoms with E-state index in [1.165, 1.54) is 11.3 Å².